The van der Waals surface area contributed by atoms with Crippen molar-refractivity contribution in [1.82, 2.24) is 0 Å². The van der Waals surface area contributed by atoms with Crippen molar-refractivity contribution in [3.05, 3.63) is 109 Å². The van der Waals surface area contributed by atoms with Crippen LogP contribution in [0.4, 0.5) is 0 Å². The van der Waals surface area contributed by atoms with Gasteiger partial charge in [0.15, 0.2) is 6.10 Å². The number of carbonyl (C=O) groups excluding carboxylic acids is 3. The molecule has 0 saturated heterocycles. The van der Waals surface area contributed by atoms with Gasteiger partial charge in [0, 0.05) is 19.3 Å². The van der Waals surface area contributed by atoms with Gasteiger partial charge in [-0.1, -0.05) is 175 Å². The van der Waals surface area contributed by atoms with Crippen LogP contribution in [0.3, 0.4) is 0 Å². The highest BCUT2D eigenvalue weighted by molar-refractivity contribution is 5.71. The Balaban J connectivity index is 4.54. The molecule has 0 saturated carbocycles. The van der Waals surface area contributed by atoms with Crippen molar-refractivity contribution in [2.45, 2.75) is 200 Å². The first-order valence-electron chi connectivity index (χ1n) is 23.9. The molecule has 0 N–H and O–H groups in total. The van der Waals surface area contributed by atoms with Crippen LogP contribution in [-0.2, 0) is 28.6 Å². The van der Waals surface area contributed by atoms with Crippen LogP contribution in [0, 0.1) is 0 Å². The number of hydrogen-bond acceptors (Lipinski definition) is 6. The minimum Gasteiger partial charge on any atom is -0.462 e. The molecular weight excluding hydrogens is 745 g/mol. The van der Waals surface area contributed by atoms with Gasteiger partial charge < -0.3 is 14.2 Å². The number of carbonyl (C=O) groups is 3. The monoisotopic (exact) mass is 831 g/mol. The minimum absolute atomic E-state index is 0.121. The van der Waals surface area contributed by atoms with Crippen LogP contribution in [0.15, 0.2) is 109 Å². The Morgan fingerprint density at radius 3 is 1.10 bits per heavy atom. The second-order valence-corrected chi connectivity index (χ2v) is 15.2. The molecule has 0 heterocycles. The minimum atomic E-state index is -0.830. The molecule has 6 heteroatoms. The highest BCUT2D eigenvalue weighted by atomic mass is 16.6. The lowest BCUT2D eigenvalue weighted by Crippen LogP contribution is -2.30. The molecule has 0 aliphatic carbocycles. The Kier molecular flexibility index (Phi) is 44.6. The van der Waals surface area contributed by atoms with E-state index in [0.717, 1.165) is 116 Å². The lowest BCUT2D eigenvalue weighted by molar-refractivity contribution is -0.166. The standard InChI is InChI=1S/C54H86O6/c1-4-7-10-13-16-19-22-25-26-27-28-30-32-35-38-41-44-47-53(56)59-50-51(49-58-52(55)46-43-40-37-34-31-24-21-18-15-12-9-6-3)60-54(57)48-45-42-39-36-33-29-23-20-17-14-11-8-5-2/h7-8,10-11,16-21,25-26,28-30,33,39,42,51H,4-6,9,12-15,22-24,27,31-32,34-38,40-41,43-50H2,1-3H3/b10-7-,11-8-,19-16-,20-17-,21-18-,26-25-,30-28-,33-29-,42-39-. The summed E-state index contributed by atoms with van der Waals surface area (Å²) in [6.07, 6.45) is 63.7. The van der Waals surface area contributed by atoms with Crippen LogP contribution in [0.1, 0.15) is 194 Å². The summed E-state index contributed by atoms with van der Waals surface area (Å²) < 4.78 is 16.6. The van der Waals surface area contributed by atoms with Gasteiger partial charge in [-0.15, -0.1) is 0 Å². The zero-order chi connectivity index (χ0) is 43.7. The van der Waals surface area contributed by atoms with Crippen molar-refractivity contribution in [3.63, 3.8) is 0 Å². The molecule has 0 aliphatic rings. The number of esters is 3. The molecule has 0 fully saturated rings. The summed E-state index contributed by atoms with van der Waals surface area (Å²) in [5, 5.41) is 0. The maximum Gasteiger partial charge on any atom is 0.306 e. The number of hydrogen-bond donors (Lipinski definition) is 0. The van der Waals surface area contributed by atoms with E-state index >= 15 is 0 Å². The molecule has 0 aromatic heterocycles. The fourth-order valence-corrected chi connectivity index (χ4v) is 5.97. The van der Waals surface area contributed by atoms with Crippen LogP contribution in [0.2, 0.25) is 0 Å². The lowest BCUT2D eigenvalue weighted by Gasteiger charge is -2.18. The van der Waals surface area contributed by atoms with E-state index in [2.05, 4.69) is 118 Å². The van der Waals surface area contributed by atoms with Crippen molar-refractivity contribution in [2.75, 3.05) is 13.2 Å². The van der Waals surface area contributed by atoms with Gasteiger partial charge in [-0.3, -0.25) is 14.4 Å². The summed E-state index contributed by atoms with van der Waals surface area (Å²) >= 11 is 0. The third-order valence-corrected chi connectivity index (χ3v) is 9.51. The van der Waals surface area contributed by atoms with Crippen LogP contribution in [-0.4, -0.2) is 37.2 Å². The molecular formula is C54H86O6. The summed E-state index contributed by atoms with van der Waals surface area (Å²) in [6.45, 7) is 6.26. The molecule has 0 spiro atoms. The van der Waals surface area contributed by atoms with Crippen LogP contribution in [0.25, 0.3) is 0 Å². The molecule has 0 amide bonds. The Bertz CT molecular complexity index is 1280. The fourth-order valence-electron chi connectivity index (χ4n) is 5.97. The SMILES string of the molecule is CC/C=C\C/C=C\C/C=C\C/C=C\CCCCCCC(=O)OCC(COC(=O)CCCCCCC/C=C\CCCCC)OC(=O)CC/C=C\C/C=C\C/C=C\C/C=C\CC. The van der Waals surface area contributed by atoms with Gasteiger partial charge in [-0.2, -0.15) is 0 Å². The molecule has 0 aliphatic heterocycles. The van der Waals surface area contributed by atoms with E-state index in [0.29, 0.717) is 19.3 Å². The van der Waals surface area contributed by atoms with Crippen LogP contribution in [0.5, 0.6) is 0 Å². The van der Waals surface area contributed by atoms with E-state index in [1.807, 2.05) is 12.2 Å². The topological polar surface area (TPSA) is 78.9 Å². The average molecular weight is 831 g/mol. The van der Waals surface area contributed by atoms with E-state index in [1.165, 1.54) is 32.1 Å². The normalized spacial score (nSPS) is 13.1. The predicted octanol–water partition coefficient (Wildman–Crippen LogP) is 15.6. The van der Waals surface area contributed by atoms with Crippen molar-refractivity contribution in [1.29, 1.82) is 0 Å². The van der Waals surface area contributed by atoms with Gasteiger partial charge >= 0.3 is 17.9 Å². The zero-order valence-electron chi connectivity index (χ0n) is 38.4. The molecule has 6 nitrogen and oxygen atoms in total. The molecule has 1 atom stereocenters. The summed E-state index contributed by atoms with van der Waals surface area (Å²) in [6, 6.07) is 0. The quantitative estimate of drug-likeness (QED) is 0.0264. The number of rotatable bonds is 41. The summed E-state index contributed by atoms with van der Waals surface area (Å²) in [5.41, 5.74) is 0. The smallest absolute Gasteiger partial charge is 0.306 e. The highest BCUT2D eigenvalue weighted by Gasteiger charge is 2.19. The zero-order valence-corrected chi connectivity index (χ0v) is 38.4. The first-order valence-corrected chi connectivity index (χ1v) is 23.9. The van der Waals surface area contributed by atoms with Crippen LogP contribution >= 0.6 is 0 Å². The van der Waals surface area contributed by atoms with Gasteiger partial charge in [0.2, 0.25) is 0 Å². The first kappa shape index (κ1) is 56.1. The third kappa shape index (κ3) is 45.2. The van der Waals surface area contributed by atoms with E-state index in [4.69, 9.17) is 14.2 Å². The average Bonchev–Trinajstić information content (AvgIpc) is 3.24. The molecule has 0 radical (unpaired) electrons. The molecule has 0 aromatic rings. The van der Waals surface area contributed by atoms with Crippen molar-refractivity contribution >= 4 is 17.9 Å². The van der Waals surface area contributed by atoms with Gasteiger partial charge in [-0.25, -0.2) is 0 Å². The Hall–Kier alpha value is -3.93. The Morgan fingerprint density at radius 2 is 0.683 bits per heavy atom. The lowest BCUT2D eigenvalue weighted by atomic mass is 10.1. The molecule has 0 aromatic carbocycles. The van der Waals surface area contributed by atoms with E-state index < -0.39 is 12.1 Å². The third-order valence-electron chi connectivity index (χ3n) is 9.51. The largest absolute Gasteiger partial charge is 0.462 e. The van der Waals surface area contributed by atoms with E-state index in [-0.39, 0.29) is 31.6 Å². The van der Waals surface area contributed by atoms with Gasteiger partial charge in [0.05, 0.1) is 0 Å². The fraction of sp³-hybridized carbons (Fsp3) is 0.611. The molecule has 0 bridgehead atoms. The van der Waals surface area contributed by atoms with Gasteiger partial charge in [-0.05, 0) is 109 Å². The van der Waals surface area contributed by atoms with Crippen LogP contribution < -0.4 is 0 Å². The van der Waals surface area contributed by atoms with Gasteiger partial charge in [0.25, 0.3) is 0 Å². The van der Waals surface area contributed by atoms with Crippen molar-refractivity contribution < 1.29 is 28.6 Å². The summed E-state index contributed by atoms with van der Waals surface area (Å²) in [5.74, 6) is -1.05. The number of allylic oxidation sites excluding steroid dienone is 18. The number of unbranched alkanes of at least 4 members (excludes halogenated alkanes) is 12. The second kappa shape index (κ2) is 47.7. The molecule has 338 valence electrons. The highest BCUT2D eigenvalue weighted by Crippen LogP contribution is 2.11. The van der Waals surface area contributed by atoms with Crippen molar-refractivity contribution in [3.8, 4) is 0 Å². The Labute approximate surface area is 368 Å². The molecule has 60 heavy (non-hydrogen) atoms. The molecule has 0 rings (SSSR count). The maximum absolute atomic E-state index is 12.7. The van der Waals surface area contributed by atoms with E-state index in [1.54, 1.807) is 0 Å². The first-order chi connectivity index (χ1) is 29.5. The Morgan fingerprint density at radius 1 is 0.350 bits per heavy atom. The second-order valence-electron chi connectivity index (χ2n) is 15.2. The van der Waals surface area contributed by atoms with Crippen molar-refractivity contribution in [2.24, 2.45) is 0 Å². The van der Waals surface area contributed by atoms with E-state index in [9.17, 15) is 14.4 Å². The van der Waals surface area contributed by atoms with Gasteiger partial charge in [0.1, 0.15) is 13.2 Å². The number of ether oxygens (including phenoxy) is 3. The molecule has 1 unspecified atom stereocenters. The maximum atomic E-state index is 12.7. The summed E-state index contributed by atoms with van der Waals surface area (Å²) in [4.78, 5) is 37.8. The predicted molar refractivity (Wildman–Crippen MR) is 256 cm³/mol. The summed E-state index contributed by atoms with van der Waals surface area (Å²) in [7, 11) is 0.